The number of alkyl carbamates (subject to hydrolysis) is 1. The topological polar surface area (TPSA) is 132 Å². The minimum atomic E-state index is -2.84. The molecule has 1 amide bonds. The molecule has 0 aromatic heterocycles. The average Bonchev–Trinajstić information content (AvgIpc) is 2.97. The first-order valence-corrected chi connectivity index (χ1v) is 24.7. The molecule has 2 aromatic carbocycles. The Morgan fingerprint density at radius 1 is 1.33 bits per heavy atom. The molecule has 0 saturated heterocycles. The number of nitrogens with one attached hydrogen (secondary N) is 1. The number of ether oxygens (including phenoxy) is 3. The van der Waals surface area contributed by atoms with Crippen LogP contribution in [0.3, 0.4) is 0 Å². The van der Waals surface area contributed by atoms with Crippen LogP contribution in [0.15, 0.2) is 30.7 Å². The summed E-state index contributed by atoms with van der Waals surface area (Å²) in [6, 6.07) is 9.02. The van der Waals surface area contributed by atoms with E-state index in [0.29, 0.717) is 58.4 Å². The van der Waals surface area contributed by atoms with Crippen LogP contribution < -0.4 is 36.3 Å². The van der Waals surface area contributed by atoms with Gasteiger partial charge in [0.2, 0.25) is 0 Å². The van der Waals surface area contributed by atoms with Crippen LogP contribution in [0, 0.1) is 20.7 Å². The minimum absolute atomic E-state index is 0.0949. The van der Waals surface area contributed by atoms with Crippen molar-refractivity contribution in [1.29, 1.82) is 5.26 Å². The monoisotopic (exact) mass is 939 g/mol. The molecule has 1 N–H and O–H groups in total. The maximum absolute atomic E-state index is 16.0. The number of carbonyl (C=O) groups is 1. The molecule has 1 aliphatic heterocycles. The molecule has 0 spiro atoms. The van der Waals surface area contributed by atoms with Crippen LogP contribution in [0.1, 0.15) is 49.4 Å². The molecule has 0 bridgehead atoms. The van der Waals surface area contributed by atoms with Crippen molar-refractivity contribution in [2.45, 2.75) is 45.8 Å². The van der Waals surface area contributed by atoms with Gasteiger partial charge in [-0.15, -0.1) is 0 Å². The first kappa shape index (κ1) is 34.9. The number of thioether (sulfide) groups is 1. The number of rotatable bonds is 9. The first-order chi connectivity index (χ1) is 20.0. The molecule has 1 aliphatic rings. The zero-order valence-electron chi connectivity index (χ0n) is 23.8. The third-order valence-corrected chi connectivity index (χ3v) is 15.5. The molecular weight excluding hydrogens is 908 g/mol. The van der Waals surface area contributed by atoms with Gasteiger partial charge < -0.3 is 0 Å². The molecule has 0 aliphatic carbocycles. The van der Waals surface area contributed by atoms with E-state index in [1.165, 1.54) is 26.0 Å². The van der Waals surface area contributed by atoms with Gasteiger partial charge in [-0.25, -0.2) is 0 Å². The van der Waals surface area contributed by atoms with Gasteiger partial charge in [0, 0.05) is 0 Å². The Kier molecular flexibility index (Phi) is 13.6. The Morgan fingerprint density at radius 2 is 2.10 bits per heavy atom. The van der Waals surface area contributed by atoms with Crippen molar-refractivity contribution in [3.05, 3.63) is 55.9 Å². The van der Waals surface area contributed by atoms with Gasteiger partial charge in [-0.1, -0.05) is 0 Å². The zero-order chi connectivity index (χ0) is 30.9. The number of hydrogen-bond donors (Lipinski definition) is 1. The van der Waals surface area contributed by atoms with Crippen molar-refractivity contribution in [3.8, 4) is 17.6 Å². The molecule has 0 atom stereocenters. The SMILES string of the molecule is COc1cc(C(=N[I-]c2ccc(C#N)c(CNC(=O)OC(C)(C)C)c2)C(=NI=I(=O)OC)SC)c(F)c2c1OCCC2. The van der Waals surface area contributed by atoms with Crippen LogP contribution in [0.25, 0.3) is 0 Å². The van der Waals surface area contributed by atoms with E-state index in [2.05, 4.69) is 14.6 Å². The Balaban J connectivity index is 2.06. The van der Waals surface area contributed by atoms with E-state index in [-0.39, 0.29) is 12.1 Å². The number of hydrogen-bond acceptors (Lipinski definition) is 10. The summed E-state index contributed by atoms with van der Waals surface area (Å²) in [7, 11) is 2.91. The molecule has 0 saturated carbocycles. The summed E-state index contributed by atoms with van der Waals surface area (Å²) in [5.74, 6) is 0.361. The molecule has 0 fully saturated rings. The van der Waals surface area contributed by atoms with Crippen LogP contribution >= 0.6 is 44.2 Å². The molecule has 1 heterocycles. The third kappa shape index (κ3) is 9.69. The summed E-state index contributed by atoms with van der Waals surface area (Å²) < 4.78 is 60.1. The van der Waals surface area contributed by atoms with E-state index < -0.39 is 71.5 Å². The van der Waals surface area contributed by atoms with Crippen LogP contribution in [0.4, 0.5) is 9.18 Å². The molecule has 42 heavy (non-hydrogen) atoms. The number of benzene rings is 2. The Bertz CT molecular complexity index is 1510. The first-order valence-electron chi connectivity index (χ1n) is 12.5. The van der Waals surface area contributed by atoms with E-state index >= 15 is 4.39 Å². The second kappa shape index (κ2) is 16.4. The van der Waals surface area contributed by atoms with Gasteiger partial charge in [0.25, 0.3) is 0 Å². The Morgan fingerprint density at radius 3 is 2.74 bits per heavy atom. The molecule has 0 unspecified atom stereocenters. The predicted octanol–water partition coefficient (Wildman–Crippen LogP) is 3.69. The quantitative estimate of drug-likeness (QED) is 0.229. The fraction of sp³-hybridized carbons (Fsp3) is 0.407. The van der Waals surface area contributed by atoms with Crippen LogP contribution in [-0.4, -0.2) is 49.5 Å². The van der Waals surface area contributed by atoms with Gasteiger partial charge in [-0.2, -0.15) is 0 Å². The van der Waals surface area contributed by atoms with Crippen molar-refractivity contribution in [1.82, 2.24) is 5.32 Å². The number of halogens is 4. The van der Waals surface area contributed by atoms with Crippen molar-refractivity contribution in [3.63, 3.8) is 0 Å². The van der Waals surface area contributed by atoms with Crippen molar-refractivity contribution < 1.29 is 51.0 Å². The Hall–Kier alpha value is -1.63. The van der Waals surface area contributed by atoms with Crippen LogP contribution in [0.2, 0.25) is 0 Å². The van der Waals surface area contributed by atoms with E-state index in [9.17, 15) is 13.1 Å². The van der Waals surface area contributed by atoms with Crippen molar-refractivity contribution >= 4 is 61.1 Å². The zero-order valence-corrected chi connectivity index (χ0v) is 31.1. The van der Waals surface area contributed by atoms with Crippen LogP contribution in [0.5, 0.6) is 11.5 Å². The third-order valence-electron chi connectivity index (χ3n) is 5.48. The molecule has 2 aromatic rings. The molecule has 230 valence electrons. The molecule has 3 rings (SSSR count). The molecule has 15 heteroatoms. The molecule has 0 radical (unpaired) electrons. The fourth-order valence-corrected chi connectivity index (χ4v) is 11.7. The number of methoxy groups -OCH3 is 1. The van der Waals surface area contributed by atoms with E-state index in [1.54, 1.807) is 39.0 Å². The second-order valence-electron chi connectivity index (χ2n) is 9.48. The molecule has 10 nitrogen and oxygen atoms in total. The summed E-state index contributed by atoms with van der Waals surface area (Å²) in [6.45, 7) is 5.88. The van der Waals surface area contributed by atoms with Crippen LogP contribution in [-0.2, 0) is 23.8 Å². The number of nitriles is 1. The van der Waals surface area contributed by atoms with Gasteiger partial charge in [-0.05, 0) is 0 Å². The molecular formula is C27H31FI3N4O6S-. The van der Waals surface area contributed by atoms with E-state index in [0.717, 1.165) is 3.57 Å². The van der Waals surface area contributed by atoms with Gasteiger partial charge in [0.1, 0.15) is 0 Å². The van der Waals surface area contributed by atoms with Gasteiger partial charge in [0.15, 0.2) is 0 Å². The van der Waals surface area contributed by atoms with Crippen molar-refractivity contribution in [2.75, 3.05) is 27.1 Å². The predicted molar refractivity (Wildman–Crippen MR) is 173 cm³/mol. The summed E-state index contributed by atoms with van der Waals surface area (Å²) in [4.78, 5) is 12.2. The standard InChI is InChI=1S/C27H31FI3N4O6S/c1-27(2,3)41-26(36)33-15-17-12-18(10-9-16(17)14-32)29-34-23(25(42-6)35-30-31(37)39-5)20-13-21(38-4)24-19(22(20)28)8-7-11-40-24/h9-10,12-13H,7-8,11,15H2,1-6H3,(H,33,36)/q-1. The van der Waals surface area contributed by atoms with Crippen molar-refractivity contribution in [2.24, 2.45) is 6.41 Å². The summed E-state index contributed by atoms with van der Waals surface area (Å²) in [5, 5.41) is 12.8. The number of amides is 1. The van der Waals surface area contributed by atoms with Gasteiger partial charge in [0.05, 0.1) is 0 Å². The summed E-state index contributed by atoms with van der Waals surface area (Å²) >= 11 is -3.79. The van der Waals surface area contributed by atoms with E-state index in [1.807, 2.05) is 12.3 Å². The summed E-state index contributed by atoms with van der Waals surface area (Å²) in [6.07, 6.45) is 2.39. The summed E-state index contributed by atoms with van der Waals surface area (Å²) in [5.41, 5.74) is 1.38. The van der Waals surface area contributed by atoms with E-state index in [4.69, 9.17) is 20.5 Å². The van der Waals surface area contributed by atoms with Gasteiger partial charge >= 0.3 is 275 Å². The maximum atomic E-state index is 16.0. The Labute approximate surface area is 272 Å². The average molecular weight is 939 g/mol. The fourth-order valence-electron chi connectivity index (χ4n) is 3.69. The number of carbonyl (C=O) groups excluding carboxylic acids is 1. The van der Waals surface area contributed by atoms with Gasteiger partial charge in [-0.3, -0.25) is 0 Å². The normalized spacial score (nSPS) is 14.7. The number of fused-ring (bicyclic) bond motifs is 1. The second-order valence-corrected chi connectivity index (χ2v) is 22.1. The number of nitrogens with zero attached hydrogens (tertiary/aromatic N) is 3.